The zero-order chi connectivity index (χ0) is 23.3. The lowest BCUT2D eigenvalue weighted by Crippen LogP contribution is -2.30. The van der Waals surface area contributed by atoms with Crippen molar-refractivity contribution >= 4 is 17.5 Å². The maximum atomic E-state index is 15.3. The van der Waals surface area contributed by atoms with Crippen LogP contribution < -0.4 is 4.90 Å². The lowest BCUT2D eigenvalue weighted by Gasteiger charge is -2.22. The Morgan fingerprint density at radius 2 is 1.06 bits per heavy atom. The van der Waals surface area contributed by atoms with E-state index in [2.05, 4.69) is 0 Å². The third kappa shape index (κ3) is 3.10. The first kappa shape index (κ1) is 20.8. The molecule has 0 spiro atoms. The molecule has 1 aliphatic rings. The predicted molar refractivity (Wildman–Crippen MR) is 129 cm³/mol. The molecular weight excluding hydrogens is 413 g/mol. The molecule has 2 amide bonds. The SMILES string of the molecule is Cc1c(C)c(F)c2c(c1C)C(=O)N(c1c(-c3ccccc3)cccc1-c1ccccc1)C2=O. The van der Waals surface area contributed by atoms with Crippen LogP contribution in [-0.2, 0) is 0 Å². The first-order valence-corrected chi connectivity index (χ1v) is 10.8. The molecule has 0 bridgehead atoms. The molecule has 4 heteroatoms. The summed E-state index contributed by atoms with van der Waals surface area (Å²) in [6, 6.07) is 24.9. The summed E-state index contributed by atoms with van der Waals surface area (Å²) in [5, 5.41) is 0. The Balaban J connectivity index is 1.83. The van der Waals surface area contributed by atoms with E-state index in [9.17, 15) is 9.59 Å². The maximum absolute atomic E-state index is 15.3. The van der Waals surface area contributed by atoms with Crippen LogP contribution in [-0.4, -0.2) is 11.8 Å². The second-order valence-electron chi connectivity index (χ2n) is 8.32. The zero-order valence-electron chi connectivity index (χ0n) is 18.6. The van der Waals surface area contributed by atoms with Crippen LogP contribution in [0.2, 0.25) is 0 Å². The topological polar surface area (TPSA) is 37.4 Å². The van der Waals surface area contributed by atoms with Crippen molar-refractivity contribution in [1.29, 1.82) is 0 Å². The van der Waals surface area contributed by atoms with Crippen LogP contribution in [0, 0.1) is 26.6 Å². The quantitative estimate of drug-likeness (QED) is 0.329. The fourth-order valence-electron chi connectivity index (χ4n) is 4.59. The molecule has 0 saturated carbocycles. The molecule has 0 fully saturated rings. The number of fused-ring (bicyclic) bond motifs is 1. The minimum atomic E-state index is -0.626. The predicted octanol–water partition coefficient (Wildman–Crippen LogP) is 6.89. The molecule has 0 aliphatic carbocycles. The second-order valence-corrected chi connectivity index (χ2v) is 8.32. The number of carbonyl (C=O) groups excluding carboxylic acids is 2. The number of imide groups is 1. The largest absolute Gasteiger partial charge is 0.269 e. The first-order chi connectivity index (χ1) is 15.9. The van der Waals surface area contributed by atoms with Crippen molar-refractivity contribution in [2.24, 2.45) is 0 Å². The smallest absolute Gasteiger partial charge is 0.268 e. The number of anilines is 1. The molecule has 4 aromatic rings. The Kier molecular flexibility index (Phi) is 4.94. The Morgan fingerprint density at radius 1 is 0.576 bits per heavy atom. The maximum Gasteiger partial charge on any atom is 0.269 e. The first-order valence-electron chi connectivity index (χ1n) is 10.8. The van der Waals surface area contributed by atoms with Gasteiger partial charge in [0.05, 0.1) is 16.8 Å². The molecular formula is C29H22FNO2. The van der Waals surface area contributed by atoms with Crippen molar-refractivity contribution in [2.45, 2.75) is 20.8 Å². The number of hydrogen-bond acceptors (Lipinski definition) is 2. The van der Waals surface area contributed by atoms with E-state index in [1.54, 1.807) is 20.8 Å². The normalized spacial score (nSPS) is 12.9. The highest BCUT2D eigenvalue weighted by Crippen LogP contribution is 2.44. The molecule has 3 nitrogen and oxygen atoms in total. The Labute approximate surface area is 192 Å². The summed E-state index contributed by atoms with van der Waals surface area (Å²) in [6.45, 7) is 5.20. The summed E-state index contributed by atoms with van der Waals surface area (Å²) in [5.41, 5.74) is 5.42. The average Bonchev–Trinajstić information content (AvgIpc) is 3.11. The standard InChI is InChI=1S/C29H22FNO2/c1-17-18(2)24-25(26(30)19(17)3)29(33)31(28(24)32)27-22(20-11-6-4-7-12-20)15-10-16-23(27)21-13-8-5-9-14-21/h4-16H,1-3H3. The van der Waals surface area contributed by atoms with Gasteiger partial charge in [-0.15, -0.1) is 0 Å². The molecule has 0 N–H and O–H groups in total. The van der Waals surface area contributed by atoms with Gasteiger partial charge in [0.1, 0.15) is 5.82 Å². The number of nitrogens with zero attached hydrogens (tertiary/aromatic N) is 1. The van der Waals surface area contributed by atoms with E-state index in [0.717, 1.165) is 27.2 Å². The van der Waals surface area contributed by atoms with Crippen LogP contribution in [0.25, 0.3) is 22.3 Å². The number of amides is 2. The van der Waals surface area contributed by atoms with E-state index in [0.29, 0.717) is 22.4 Å². The average molecular weight is 435 g/mol. The number of benzene rings is 4. The fourth-order valence-corrected chi connectivity index (χ4v) is 4.59. The molecule has 0 radical (unpaired) electrons. The van der Waals surface area contributed by atoms with E-state index >= 15 is 4.39 Å². The van der Waals surface area contributed by atoms with Gasteiger partial charge in [-0.3, -0.25) is 9.59 Å². The summed E-state index contributed by atoms with van der Waals surface area (Å²) < 4.78 is 15.3. The Hall–Kier alpha value is -4.05. The summed E-state index contributed by atoms with van der Waals surface area (Å²) in [4.78, 5) is 28.6. The lowest BCUT2D eigenvalue weighted by atomic mass is 9.94. The highest BCUT2D eigenvalue weighted by molar-refractivity contribution is 6.36. The van der Waals surface area contributed by atoms with Crippen molar-refractivity contribution in [1.82, 2.24) is 0 Å². The van der Waals surface area contributed by atoms with Gasteiger partial charge >= 0.3 is 0 Å². The molecule has 1 aliphatic heterocycles. The summed E-state index contributed by atoms with van der Waals surface area (Å²) in [5.74, 6) is -1.73. The number of rotatable bonds is 3. The minimum Gasteiger partial charge on any atom is -0.268 e. The minimum absolute atomic E-state index is 0.137. The lowest BCUT2D eigenvalue weighted by molar-refractivity contribution is 0.0925. The third-order valence-electron chi connectivity index (χ3n) is 6.56. The van der Waals surface area contributed by atoms with Crippen molar-refractivity contribution in [3.63, 3.8) is 0 Å². The number of halogens is 1. The van der Waals surface area contributed by atoms with Crippen molar-refractivity contribution in [2.75, 3.05) is 4.90 Å². The summed E-state index contributed by atoms with van der Waals surface area (Å²) >= 11 is 0. The second kappa shape index (κ2) is 7.82. The van der Waals surface area contributed by atoms with Gasteiger partial charge in [-0.1, -0.05) is 78.9 Å². The molecule has 0 aromatic heterocycles. The molecule has 0 saturated heterocycles. The van der Waals surface area contributed by atoms with Gasteiger partial charge in [0.25, 0.3) is 11.8 Å². The van der Waals surface area contributed by atoms with Gasteiger partial charge in [0.2, 0.25) is 0 Å². The molecule has 0 unspecified atom stereocenters. The summed E-state index contributed by atoms with van der Waals surface area (Å²) in [6.07, 6.45) is 0. The van der Waals surface area contributed by atoms with Gasteiger partial charge in [-0.2, -0.15) is 0 Å². The number of hydrogen-bond donors (Lipinski definition) is 0. The van der Waals surface area contributed by atoms with Crippen LogP contribution in [0.3, 0.4) is 0 Å². The van der Waals surface area contributed by atoms with Crippen LogP contribution in [0.15, 0.2) is 78.9 Å². The zero-order valence-corrected chi connectivity index (χ0v) is 18.6. The molecule has 0 atom stereocenters. The van der Waals surface area contributed by atoms with Crippen molar-refractivity contribution in [3.8, 4) is 22.3 Å². The number of para-hydroxylation sites is 1. The van der Waals surface area contributed by atoms with Crippen LogP contribution in [0.4, 0.5) is 10.1 Å². The van der Waals surface area contributed by atoms with Gasteiger partial charge in [0.15, 0.2) is 0 Å². The summed E-state index contributed by atoms with van der Waals surface area (Å²) in [7, 11) is 0. The van der Waals surface area contributed by atoms with E-state index in [4.69, 9.17) is 0 Å². The van der Waals surface area contributed by atoms with Gasteiger partial charge in [-0.25, -0.2) is 9.29 Å². The monoisotopic (exact) mass is 435 g/mol. The molecule has 162 valence electrons. The number of carbonyl (C=O) groups is 2. The van der Waals surface area contributed by atoms with Crippen LogP contribution in [0.1, 0.15) is 37.4 Å². The van der Waals surface area contributed by atoms with Crippen LogP contribution in [0.5, 0.6) is 0 Å². The highest BCUT2D eigenvalue weighted by atomic mass is 19.1. The Morgan fingerprint density at radius 3 is 1.58 bits per heavy atom. The third-order valence-corrected chi connectivity index (χ3v) is 6.56. The van der Waals surface area contributed by atoms with E-state index in [-0.39, 0.29) is 11.1 Å². The fraction of sp³-hybridized carbons (Fsp3) is 0.103. The van der Waals surface area contributed by atoms with Crippen molar-refractivity contribution in [3.05, 3.63) is 112 Å². The van der Waals surface area contributed by atoms with Crippen molar-refractivity contribution < 1.29 is 14.0 Å². The van der Waals surface area contributed by atoms with E-state index in [1.807, 2.05) is 78.9 Å². The molecule has 5 rings (SSSR count). The molecule has 1 heterocycles. The van der Waals surface area contributed by atoms with Crippen LogP contribution >= 0.6 is 0 Å². The van der Waals surface area contributed by atoms with Gasteiger partial charge < -0.3 is 0 Å². The van der Waals surface area contributed by atoms with E-state index in [1.165, 1.54) is 0 Å². The Bertz CT molecular complexity index is 1320. The molecule has 4 aromatic carbocycles. The molecule has 33 heavy (non-hydrogen) atoms. The van der Waals surface area contributed by atoms with Gasteiger partial charge in [-0.05, 0) is 48.6 Å². The van der Waals surface area contributed by atoms with Gasteiger partial charge in [0, 0.05) is 11.1 Å². The van der Waals surface area contributed by atoms with E-state index < -0.39 is 17.6 Å². The highest BCUT2D eigenvalue weighted by Gasteiger charge is 2.43.